The Labute approximate surface area is 170 Å². The van der Waals surface area contributed by atoms with Gasteiger partial charge in [-0.25, -0.2) is 0 Å². The van der Waals surface area contributed by atoms with Gasteiger partial charge in [-0.2, -0.15) is 0 Å². The number of ether oxygens (including phenoxy) is 1. The third-order valence-electron chi connectivity index (χ3n) is 5.34. The van der Waals surface area contributed by atoms with Gasteiger partial charge >= 0.3 is 0 Å². The molecule has 4 nitrogen and oxygen atoms in total. The summed E-state index contributed by atoms with van der Waals surface area (Å²) >= 11 is 0. The van der Waals surface area contributed by atoms with Gasteiger partial charge in [0.25, 0.3) is 0 Å². The maximum atomic E-state index is 5.27. The quantitative estimate of drug-likeness (QED) is 0.331. The van der Waals surface area contributed by atoms with Crippen LogP contribution in [0, 0.1) is 5.41 Å². The van der Waals surface area contributed by atoms with Crippen LogP contribution in [0.2, 0.25) is 0 Å². The lowest BCUT2D eigenvalue weighted by Crippen LogP contribution is -2.47. The summed E-state index contributed by atoms with van der Waals surface area (Å²) in [6.07, 6.45) is 6.17. The topological polar surface area (TPSA) is 45.7 Å². The van der Waals surface area contributed by atoms with Crippen molar-refractivity contribution in [1.29, 1.82) is 0 Å². The van der Waals surface area contributed by atoms with E-state index in [4.69, 9.17) is 4.74 Å². The highest BCUT2D eigenvalue weighted by Gasteiger charge is 2.36. The molecule has 0 heterocycles. The summed E-state index contributed by atoms with van der Waals surface area (Å²) in [4.78, 5) is 4.36. The van der Waals surface area contributed by atoms with Gasteiger partial charge in [-0.15, -0.1) is 24.0 Å². The minimum Gasteiger partial charge on any atom is -0.385 e. The fourth-order valence-electron chi connectivity index (χ4n) is 3.36. The number of aliphatic imine (C=N–C) groups is 1. The second-order valence-corrected chi connectivity index (χ2v) is 7.05. The molecule has 1 saturated carbocycles. The van der Waals surface area contributed by atoms with Crippen molar-refractivity contribution in [2.45, 2.75) is 44.9 Å². The van der Waals surface area contributed by atoms with Crippen molar-refractivity contribution in [2.75, 3.05) is 33.9 Å². The molecule has 0 amide bonds. The summed E-state index contributed by atoms with van der Waals surface area (Å²) in [7, 11) is 3.63. The molecule has 0 spiro atoms. The predicted octanol–water partition coefficient (Wildman–Crippen LogP) is 4.17. The van der Waals surface area contributed by atoms with E-state index in [0.29, 0.717) is 11.3 Å². The van der Waals surface area contributed by atoms with Crippen molar-refractivity contribution >= 4 is 29.9 Å². The van der Waals surface area contributed by atoms with Gasteiger partial charge < -0.3 is 15.4 Å². The number of rotatable bonds is 9. The summed E-state index contributed by atoms with van der Waals surface area (Å²) in [6.45, 7) is 5.05. The van der Waals surface area contributed by atoms with E-state index >= 15 is 0 Å². The van der Waals surface area contributed by atoms with Gasteiger partial charge in [0.1, 0.15) is 0 Å². The van der Waals surface area contributed by atoms with Gasteiger partial charge in [-0.1, -0.05) is 43.7 Å². The highest BCUT2D eigenvalue weighted by Crippen LogP contribution is 2.43. The van der Waals surface area contributed by atoms with Crippen molar-refractivity contribution in [3.8, 4) is 0 Å². The standard InChI is InChI=1S/C20H33N3O.HI/c1-17(18-8-5-4-6-9-18)10-14-22-19(21-2)23-16-20(11-7-12-20)13-15-24-3;/h4-6,8-9,17H,7,10-16H2,1-3H3,(H2,21,22,23);1H. The number of hydrogen-bond donors (Lipinski definition) is 2. The zero-order chi connectivity index (χ0) is 17.3. The largest absolute Gasteiger partial charge is 0.385 e. The van der Waals surface area contributed by atoms with Crippen LogP contribution < -0.4 is 10.6 Å². The Morgan fingerprint density at radius 2 is 1.96 bits per heavy atom. The molecule has 0 aliphatic heterocycles. The lowest BCUT2D eigenvalue weighted by Gasteiger charge is -2.42. The van der Waals surface area contributed by atoms with E-state index in [1.807, 2.05) is 7.05 Å². The molecule has 1 aliphatic carbocycles. The molecule has 0 bridgehead atoms. The highest BCUT2D eigenvalue weighted by atomic mass is 127. The summed E-state index contributed by atoms with van der Waals surface area (Å²) in [6, 6.07) is 10.7. The molecule has 1 fully saturated rings. The number of nitrogens with one attached hydrogen (secondary N) is 2. The van der Waals surface area contributed by atoms with Crippen LogP contribution in [0.25, 0.3) is 0 Å². The number of halogens is 1. The average molecular weight is 459 g/mol. The van der Waals surface area contributed by atoms with E-state index in [0.717, 1.165) is 38.5 Å². The first-order valence-electron chi connectivity index (χ1n) is 9.17. The molecule has 0 saturated heterocycles. The normalized spacial score (nSPS) is 17.2. The Morgan fingerprint density at radius 3 is 2.52 bits per heavy atom. The first-order chi connectivity index (χ1) is 11.7. The van der Waals surface area contributed by atoms with Crippen LogP contribution in [0.5, 0.6) is 0 Å². The predicted molar refractivity (Wildman–Crippen MR) is 117 cm³/mol. The Bertz CT molecular complexity index is 503. The molecule has 1 atom stereocenters. The lowest BCUT2D eigenvalue weighted by atomic mass is 9.67. The van der Waals surface area contributed by atoms with Crippen LogP contribution in [-0.4, -0.2) is 39.8 Å². The minimum absolute atomic E-state index is 0. The van der Waals surface area contributed by atoms with Gasteiger partial charge in [0, 0.05) is 33.9 Å². The maximum Gasteiger partial charge on any atom is 0.190 e. The second-order valence-electron chi connectivity index (χ2n) is 7.05. The maximum absolute atomic E-state index is 5.27. The van der Waals surface area contributed by atoms with E-state index in [1.165, 1.54) is 24.8 Å². The van der Waals surface area contributed by atoms with Crippen molar-refractivity contribution in [3.63, 3.8) is 0 Å². The third-order valence-corrected chi connectivity index (χ3v) is 5.34. The summed E-state index contributed by atoms with van der Waals surface area (Å²) in [5.41, 5.74) is 1.81. The number of guanidine groups is 1. The summed E-state index contributed by atoms with van der Waals surface area (Å²) < 4.78 is 5.27. The van der Waals surface area contributed by atoms with Gasteiger partial charge in [-0.3, -0.25) is 4.99 Å². The average Bonchev–Trinajstić information content (AvgIpc) is 2.59. The number of benzene rings is 1. The first kappa shape index (κ1) is 22.2. The van der Waals surface area contributed by atoms with Crippen LogP contribution in [0.1, 0.15) is 50.5 Å². The van der Waals surface area contributed by atoms with Crippen molar-refractivity contribution < 1.29 is 4.74 Å². The molecule has 2 rings (SSSR count). The first-order valence-corrected chi connectivity index (χ1v) is 9.17. The van der Waals surface area contributed by atoms with Gasteiger partial charge in [-0.05, 0) is 42.6 Å². The number of methoxy groups -OCH3 is 1. The van der Waals surface area contributed by atoms with Crippen LogP contribution in [0.15, 0.2) is 35.3 Å². The Hall–Kier alpha value is -0.820. The van der Waals surface area contributed by atoms with Crippen molar-refractivity contribution in [3.05, 3.63) is 35.9 Å². The molecular formula is C20H34IN3O. The molecule has 1 aliphatic rings. The summed E-state index contributed by atoms with van der Waals surface area (Å²) in [5, 5.41) is 6.97. The highest BCUT2D eigenvalue weighted by molar-refractivity contribution is 14.0. The van der Waals surface area contributed by atoms with E-state index in [9.17, 15) is 0 Å². The molecule has 142 valence electrons. The number of nitrogens with zero attached hydrogens (tertiary/aromatic N) is 1. The Kier molecular flexibility index (Phi) is 10.4. The fourth-order valence-corrected chi connectivity index (χ4v) is 3.36. The zero-order valence-corrected chi connectivity index (χ0v) is 18.2. The molecule has 25 heavy (non-hydrogen) atoms. The Morgan fingerprint density at radius 1 is 1.24 bits per heavy atom. The minimum atomic E-state index is 0. The molecule has 2 N–H and O–H groups in total. The third kappa shape index (κ3) is 7.13. The number of hydrogen-bond acceptors (Lipinski definition) is 2. The molecule has 5 heteroatoms. The Balaban J connectivity index is 0.00000312. The molecule has 0 radical (unpaired) electrons. The van der Waals surface area contributed by atoms with E-state index in [2.05, 4.69) is 52.9 Å². The smallest absolute Gasteiger partial charge is 0.190 e. The van der Waals surface area contributed by atoms with E-state index < -0.39 is 0 Å². The van der Waals surface area contributed by atoms with E-state index in [1.54, 1.807) is 7.11 Å². The van der Waals surface area contributed by atoms with Crippen LogP contribution in [-0.2, 0) is 4.74 Å². The van der Waals surface area contributed by atoms with Crippen LogP contribution >= 0.6 is 24.0 Å². The second kappa shape index (κ2) is 11.7. The van der Waals surface area contributed by atoms with Gasteiger partial charge in [0.05, 0.1) is 0 Å². The molecule has 1 aromatic carbocycles. The monoisotopic (exact) mass is 459 g/mol. The van der Waals surface area contributed by atoms with Crippen LogP contribution in [0.4, 0.5) is 0 Å². The van der Waals surface area contributed by atoms with E-state index in [-0.39, 0.29) is 24.0 Å². The molecule has 0 aromatic heterocycles. The molecule has 1 unspecified atom stereocenters. The molecular weight excluding hydrogens is 425 g/mol. The zero-order valence-electron chi connectivity index (χ0n) is 15.9. The van der Waals surface area contributed by atoms with Gasteiger partial charge in [0.15, 0.2) is 5.96 Å². The van der Waals surface area contributed by atoms with Gasteiger partial charge in [0.2, 0.25) is 0 Å². The fraction of sp³-hybridized carbons (Fsp3) is 0.650. The summed E-state index contributed by atoms with van der Waals surface area (Å²) in [5.74, 6) is 1.47. The molecule has 1 aromatic rings. The van der Waals surface area contributed by atoms with Crippen molar-refractivity contribution in [2.24, 2.45) is 10.4 Å². The lowest BCUT2D eigenvalue weighted by molar-refractivity contribution is 0.0732. The van der Waals surface area contributed by atoms with Crippen LogP contribution in [0.3, 0.4) is 0 Å². The SMILES string of the molecule is CN=C(NCCC(C)c1ccccc1)NCC1(CCOC)CCC1.I. The van der Waals surface area contributed by atoms with Crippen molar-refractivity contribution in [1.82, 2.24) is 10.6 Å².